The van der Waals surface area contributed by atoms with Gasteiger partial charge in [-0.15, -0.1) is 0 Å². The maximum absolute atomic E-state index is 11.6. The first kappa shape index (κ1) is 14.9. The third kappa shape index (κ3) is 4.54. The maximum Gasteiger partial charge on any atom is 0.311 e. The van der Waals surface area contributed by atoms with Crippen molar-refractivity contribution in [3.8, 4) is 5.75 Å². The van der Waals surface area contributed by atoms with Crippen LogP contribution in [0.3, 0.4) is 0 Å². The van der Waals surface area contributed by atoms with Gasteiger partial charge in [-0.3, -0.25) is 9.59 Å². The number of anilines is 1. The summed E-state index contributed by atoms with van der Waals surface area (Å²) in [5.41, 5.74) is 0.520. The quantitative estimate of drug-likeness (QED) is 0.601. The molecule has 0 aliphatic carbocycles. The van der Waals surface area contributed by atoms with Gasteiger partial charge in [0, 0.05) is 20.4 Å². The summed E-state index contributed by atoms with van der Waals surface area (Å²) in [6.45, 7) is 2.85. The van der Waals surface area contributed by atoms with E-state index in [-0.39, 0.29) is 24.5 Å². The molecule has 1 aromatic carbocycles. The highest BCUT2D eigenvalue weighted by atomic mass is 16.5. The summed E-state index contributed by atoms with van der Waals surface area (Å²) in [6, 6.07) is 6.77. The summed E-state index contributed by atoms with van der Waals surface area (Å²) in [5.74, 6) is -0.397. The monoisotopic (exact) mass is 263 g/mol. The summed E-state index contributed by atoms with van der Waals surface area (Å²) in [7, 11) is 1.60. The molecule has 5 heteroatoms. The second kappa shape index (κ2) is 6.68. The van der Waals surface area contributed by atoms with Crippen LogP contribution < -0.4 is 9.64 Å². The number of hydrogen-bond acceptors (Lipinski definition) is 4. The van der Waals surface area contributed by atoms with E-state index in [4.69, 9.17) is 4.74 Å². The van der Waals surface area contributed by atoms with E-state index >= 15 is 0 Å². The van der Waals surface area contributed by atoms with Crippen LogP contribution in [0.4, 0.5) is 5.69 Å². The Morgan fingerprint density at radius 3 is 2.32 bits per heavy atom. The predicted molar refractivity (Wildman–Crippen MR) is 71.1 cm³/mol. The molecular weight excluding hydrogens is 246 g/mol. The first-order valence-corrected chi connectivity index (χ1v) is 5.95. The van der Waals surface area contributed by atoms with E-state index in [1.807, 2.05) is 0 Å². The highest BCUT2D eigenvalue weighted by molar-refractivity contribution is 5.93. The average molecular weight is 263 g/mol. The Morgan fingerprint density at radius 1 is 1.11 bits per heavy atom. The van der Waals surface area contributed by atoms with E-state index in [1.165, 1.54) is 18.7 Å². The lowest BCUT2D eigenvalue weighted by Crippen LogP contribution is -2.24. The van der Waals surface area contributed by atoms with Gasteiger partial charge in [-0.05, 0) is 19.1 Å². The van der Waals surface area contributed by atoms with Crippen molar-refractivity contribution in [2.24, 2.45) is 0 Å². The van der Waals surface area contributed by atoms with Crippen molar-refractivity contribution >= 4 is 23.3 Å². The fraction of sp³-hybridized carbons (Fsp3) is 0.357. The normalized spacial score (nSPS) is 9.84. The topological polar surface area (TPSA) is 63.7 Å². The van der Waals surface area contributed by atoms with Gasteiger partial charge in [0.15, 0.2) is 5.75 Å². The Morgan fingerprint density at radius 2 is 1.74 bits per heavy atom. The number of ether oxygens (including phenoxy) is 1. The van der Waals surface area contributed by atoms with Gasteiger partial charge in [0.1, 0.15) is 5.78 Å². The number of para-hydroxylation sites is 2. The standard InChI is InChI=1S/C14H17NO4/c1-10(16)8-9-14(18)19-13-7-5-4-6-12(13)15(3)11(2)17/h4-7H,8-9H2,1-3H3. The molecule has 102 valence electrons. The van der Waals surface area contributed by atoms with Crippen molar-refractivity contribution in [3.63, 3.8) is 0 Å². The Bertz CT molecular complexity index is 496. The molecule has 0 saturated heterocycles. The van der Waals surface area contributed by atoms with Crippen LogP contribution >= 0.6 is 0 Å². The smallest absolute Gasteiger partial charge is 0.311 e. The van der Waals surface area contributed by atoms with Crippen LogP contribution in [0.1, 0.15) is 26.7 Å². The molecule has 5 nitrogen and oxygen atoms in total. The molecule has 0 saturated carbocycles. The van der Waals surface area contributed by atoms with Gasteiger partial charge >= 0.3 is 5.97 Å². The zero-order chi connectivity index (χ0) is 14.4. The lowest BCUT2D eigenvalue weighted by Gasteiger charge is -2.18. The zero-order valence-corrected chi connectivity index (χ0v) is 11.3. The molecule has 1 aromatic rings. The zero-order valence-electron chi connectivity index (χ0n) is 11.3. The fourth-order valence-electron chi connectivity index (χ4n) is 1.44. The number of hydrogen-bond donors (Lipinski definition) is 0. The lowest BCUT2D eigenvalue weighted by molar-refractivity contribution is -0.136. The number of ketones is 1. The van der Waals surface area contributed by atoms with Crippen LogP contribution in [-0.2, 0) is 14.4 Å². The Balaban J connectivity index is 2.81. The molecule has 0 radical (unpaired) electrons. The lowest BCUT2D eigenvalue weighted by atomic mass is 10.2. The summed E-state index contributed by atoms with van der Waals surface area (Å²) >= 11 is 0. The van der Waals surface area contributed by atoms with E-state index in [9.17, 15) is 14.4 Å². The number of amides is 1. The van der Waals surface area contributed by atoms with E-state index < -0.39 is 5.97 Å². The average Bonchev–Trinajstić information content (AvgIpc) is 2.36. The SMILES string of the molecule is CC(=O)CCC(=O)Oc1ccccc1N(C)C(C)=O. The summed E-state index contributed by atoms with van der Waals surface area (Å²) in [5, 5.41) is 0. The van der Waals surface area contributed by atoms with Crippen molar-refractivity contribution in [2.75, 3.05) is 11.9 Å². The number of carbonyl (C=O) groups excluding carboxylic acids is 3. The number of benzene rings is 1. The van der Waals surface area contributed by atoms with E-state index in [0.29, 0.717) is 11.4 Å². The van der Waals surface area contributed by atoms with Gasteiger partial charge in [-0.25, -0.2) is 0 Å². The van der Waals surface area contributed by atoms with Crippen LogP contribution in [0.2, 0.25) is 0 Å². The summed E-state index contributed by atoms with van der Waals surface area (Å²) in [6.07, 6.45) is 0.191. The summed E-state index contributed by atoms with van der Waals surface area (Å²) in [4.78, 5) is 35.1. The number of Topliss-reactive ketones (excluding diaryl/α,β-unsaturated/α-hetero) is 1. The number of esters is 1. The largest absolute Gasteiger partial charge is 0.424 e. The molecule has 0 atom stereocenters. The third-order valence-electron chi connectivity index (χ3n) is 2.60. The van der Waals surface area contributed by atoms with Gasteiger partial charge in [-0.1, -0.05) is 12.1 Å². The molecule has 0 aliphatic heterocycles. The number of carbonyl (C=O) groups is 3. The van der Waals surface area contributed by atoms with E-state index in [2.05, 4.69) is 0 Å². The van der Waals surface area contributed by atoms with Gasteiger partial charge < -0.3 is 14.4 Å². The van der Waals surface area contributed by atoms with Crippen LogP contribution in [0.5, 0.6) is 5.75 Å². The molecule has 0 unspecified atom stereocenters. The molecule has 1 amide bonds. The Labute approximate surface area is 112 Å². The number of rotatable bonds is 5. The second-order valence-electron chi connectivity index (χ2n) is 4.22. The van der Waals surface area contributed by atoms with Crippen LogP contribution in [0.25, 0.3) is 0 Å². The maximum atomic E-state index is 11.6. The van der Waals surface area contributed by atoms with Gasteiger partial charge in [0.05, 0.1) is 12.1 Å². The van der Waals surface area contributed by atoms with Crippen molar-refractivity contribution in [1.29, 1.82) is 0 Å². The van der Waals surface area contributed by atoms with Gasteiger partial charge in [0.25, 0.3) is 0 Å². The minimum Gasteiger partial charge on any atom is -0.424 e. The molecule has 0 aromatic heterocycles. The molecule has 0 bridgehead atoms. The van der Waals surface area contributed by atoms with Gasteiger partial charge in [-0.2, -0.15) is 0 Å². The first-order valence-electron chi connectivity index (χ1n) is 5.95. The molecule has 19 heavy (non-hydrogen) atoms. The van der Waals surface area contributed by atoms with Crippen molar-refractivity contribution in [2.45, 2.75) is 26.7 Å². The molecule has 0 fully saturated rings. The van der Waals surface area contributed by atoms with Crippen molar-refractivity contribution < 1.29 is 19.1 Å². The first-order chi connectivity index (χ1) is 8.91. The Hall–Kier alpha value is -2.17. The van der Waals surface area contributed by atoms with E-state index in [1.54, 1.807) is 31.3 Å². The highest BCUT2D eigenvalue weighted by Gasteiger charge is 2.14. The molecule has 0 N–H and O–H groups in total. The van der Waals surface area contributed by atoms with Crippen molar-refractivity contribution in [1.82, 2.24) is 0 Å². The number of nitrogens with zero attached hydrogens (tertiary/aromatic N) is 1. The Kier molecular flexibility index (Phi) is 5.23. The van der Waals surface area contributed by atoms with Crippen molar-refractivity contribution in [3.05, 3.63) is 24.3 Å². The van der Waals surface area contributed by atoms with Crippen LogP contribution in [-0.4, -0.2) is 24.7 Å². The molecular formula is C14H17NO4. The van der Waals surface area contributed by atoms with E-state index in [0.717, 1.165) is 0 Å². The molecule has 0 aliphatic rings. The van der Waals surface area contributed by atoms with Crippen LogP contribution in [0.15, 0.2) is 24.3 Å². The minimum atomic E-state index is -0.486. The predicted octanol–water partition coefficient (Wildman–Crippen LogP) is 1.94. The minimum absolute atomic E-state index is 0.0352. The fourth-order valence-corrected chi connectivity index (χ4v) is 1.44. The third-order valence-corrected chi connectivity index (χ3v) is 2.60. The molecule has 1 rings (SSSR count). The second-order valence-corrected chi connectivity index (χ2v) is 4.22. The van der Waals surface area contributed by atoms with Crippen LogP contribution in [0, 0.1) is 0 Å². The summed E-state index contributed by atoms with van der Waals surface area (Å²) < 4.78 is 5.18. The molecule has 0 spiro atoms. The van der Waals surface area contributed by atoms with Gasteiger partial charge in [0.2, 0.25) is 5.91 Å². The highest BCUT2D eigenvalue weighted by Crippen LogP contribution is 2.27. The molecule has 0 heterocycles.